The zero-order valence-corrected chi connectivity index (χ0v) is 43.3. The molecule has 4 unspecified atom stereocenters. The Labute approximate surface area is 376 Å². The zero-order chi connectivity index (χ0) is 43.4. The minimum atomic E-state index is -1.87. The fourth-order valence-corrected chi connectivity index (χ4v) is 21.2. The van der Waals surface area contributed by atoms with Crippen LogP contribution in [0.15, 0.2) is 29.9 Å². The van der Waals surface area contributed by atoms with E-state index in [1.807, 2.05) is 5.57 Å². The molecule has 4 aliphatic carbocycles. The second-order valence-electron chi connectivity index (χ2n) is 23.9. The van der Waals surface area contributed by atoms with E-state index in [0.29, 0.717) is 11.8 Å². The summed E-state index contributed by atoms with van der Waals surface area (Å²) in [6.45, 7) is 27.8. The molecule has 4 aliphatic rings. The van der Waals surface area contributed by atoms with Gasteiger partial charge in [0, 0.05) is 16.5 Å². The molecule has 342 valence electrons. The van der Waals surface area contributed by atoms with Crippen molar-refractivity contribution < 1.29 is 0 Å². The minimum absolute atomic E-state index is 0.159. The van der Waals surface area contributed by atoms with Crippen molar-refractivity contribution in [1.82, 2.24) is 4.57 Å². The second-order valence-corrected chi connectivity index (χ2v) is 28.3. The summed E-state index contributed by atoms with van der Waals surface area (Å²) >= 11 is 0. The van der Waals surface area contributed by atoms with Crippen LogP contribution in [0.1, 0.15) is 264 Å². The Bertz CT molecular complexity index is 1450. The lowest BCUT2D eigenvalue weighted by atomic mass is 9.68. The molecule has 0 aromatic heterocycles. The van der Waals surface area contributed by atoms with Crippen LogP contribution < -0.4 is 0 Å². The molecule has 5 rings (SSSR count). The quantitative estimate of drug-likeness (QED) is 0.0600. The van der Waals surface area contributed by atoms with Gasteiger partial charge in [-0.15, -0.1) is 0 Å². The normalized spacial score (nSPS) is 22.2. The van der Waals surface area contributed by atoms with Gasteiger partial charge in [-0.2, -0.15) is 0 Å². The van der Waals surface area contributed by atoms with Gasteiger partial charge in [-0.05, 0) is 137 Å². The first-order valence-electron chi connectivity index (χ1n) is 27.1. The number of nitrogens with zero attached hydrogens (tertiary/aromatic N) is 1. The van der Waals surface area contributed by atoms with Gasteiger partial charge in [-0.1, -0.05) is 212 Å². The summed E-state index contributed by atoms with van der Waals surface area (Å²) in [6, 6.07) is 5.57. The fraction of sp³-hybridized carbons (Fsp3) is 0.828. The van der Waals surface area contributed by atoms with Gasteiger partial charge in [-0.3, -0.25) is 0 Å². The van der Waals surface area contributed by atoms with Gasteiger partial charge < -0.3 is 4.57 Å². The third-order valence-corrected chi connectivity index (χ3v) is 21.5. The highest BCUT2D eigenvalue weighted by molar-refractivity contribution is 6.76. The Balaban J connectivity index is 1.35. The van der Waals surface area contributed by atoms with E-state index in [1.54, 1.807) is 27.8 Å². The van der Waals surface area contributed by atoms with Gasteiger partial charge >= 0.3 is 0 Å². The first-order chi connectivity index (χ1) is 28.7. The first-order valence-corrected chi connectivity index (χ1v) is 30.1. The van der Waals surface area contributed by atoms with E-state index in [4.69, 9.17) is 0 Å². The van der Waals surface area contributed by atoms with Crippen molar-refractivity contribution >= 4 is 13.8 Å². The van der Waals surface area contributed by atoms with Gasteiger partial charge in [0.05, 0.1) is 0 Å². The molecule has 0 bridgehead atoms. The molecule has 0 saturated heterocycles. The largest absolute Gasteiger partial charge is 0.314 e. The van der Waals surface area contributed by atoms with Crippen LogP contribution >= 0.6 is 0 Å². The van der Waals surface area contributed by atoms with Crippen molar-refractivity contribution in [2.75, 3.05) is 0 Å². The van der Waals surface area contributed by atoms with Crippen LogP contribution in [0.25, 0.3) is 5.57 Å². The summed E-state index contributed by atoms with van der Waals surface area (Å²) in [4.78, 5) is 0. The summed E-state index contributed by atoms with van der Waals surface area (Å²) in [5.74, 6) is 2.13. The van der Waals surface area contributed by atoms with Crippen LogP contribution in [0.5, 0.6) is 0 Å². The van der Waals surface area contributed by atoms with Crippen LogP contribution in [0, 0.1) is 17.8 Å². The molecule has 1 aromatic rings. The highest BCUT2D eigenvalue weighted by Gasteiger charge is 2.57. The Morgan fingerprint density at radius 3 is 1.43 bits per heavy atom. The predicted molar refractivity (Wildman–Crippen MR) is 271 cm³/mol. The van der Waals surface area contributed by atoms with E-state index in [1.165, 1.54) is 193 Å². The number of fused-ring (bicyclic) bond motifs is 5. The third kappa shape index (κ3) is 12.6. The molecule has 0 amide bonds. The van der Waals surface area contributed by atoms with Crippen LogP contribution in [-0.2, 0) is 18.3 Å². The molecule has 1 fully saturated rings. The maximum atomic E-state index is 3.04. The Morgan fingerprint density at radius 2 is 1.00 bits per heavy atom. The number of allylic oxidation sites excluding steroid dienone is 4. The minimum Gasteiger partial charge on any atom is -0.314 e. The molecule has 0 spiro atoms. The molecule has 0 heterocycles. The topological polar surface area (TPSA) is 3.24 Å². The lowest BCUT2D eigenvalue weighted by Crippen LogP contribution is -2.67. The molecule has 0 N–H and O–H groups in total. The molecular weight excluding hydrogens is 739 g/mol. The lowest BCUT2D eigenvalue weighted by molar-refractivity contribution is 0.121. The summed E-state index contributed by atoms with van der Waals surface area (Å²) in [5, 5.41) is 0. The van der Waals surface area contributed by atoms with E-state index in [-0.39, 0.29) is 16.5 Å². The number of aryl methyl sites for hydroxylation is 2. The number of hydrogen-bond acceptors (Lipinski definition) is 1. The average molecular weight is 841 g/mol. The van der Waals surface area contributed by atoms with Crippen LogP contribution in [-0.4, -0.2) is 23.9 Å². The molecule has 4 atom stereocenters. The Hall–Kier alpha value is -1.12. The molecule has 0 radical (unpaired) electrons. The molecule has 2 heteroatoms. The summed E-state index contributed by atoms with van der Waals surface area (Å²) in [5.41, 5.74) is 11.7. The summed E-state index contributed by atoms with van der Waals surface area (Å²) < 4.78 is 3.04. The first kappa shape index (κ1) is 49.9. The van der Waals surface area contributed by atoms with E-state index in [9.17, 15) is 0 Å². The molecule has 60 heavy (non-hydrogen) atoms. The summed E-state index contributed by atoms with van der Waals surface area (Å²) in [6.07, 6.45) is 48.4. The van der Waals surface area contributed by atoms with Crippen molar-refractivity contribution in [1.29, 1.82) is 0 Å². The number of benzene rings is 1. The summed E-state index contributed by atoms with van der Waals surface area (Å²) in [7, 11) is -1.87. The van der Waals surface area contributed by atoms with Crippen molar-refractivity contribution in [2.45, 2.75) is 290 Å². The van der Waals surface area contributed by atoms with Crippen LogP contribution in [0.4, 0.5) is 0 Å². The van der Waals surface area contributed by atoms with Gasteiger partial charge in [0.15, 0.2) is 0 Å². The van der Waals surface area contributed by atoms with Crippen molar-refractivity contribution in [3.05, 3.63) is 52.1 Å². The highest BCUT2D eigenvalue weighted by atomic mass is 28.3. The smallest absolute Gasteiger partial charge is 0.127 e. The SMILES string of the molecule is CCCCCCCCCCCCCCC1(CCCCCCCCCCCCCC)C2=CC3CC(C)C([Si](C)(C)N(C(C)(C)C)C(C)(C)C)C3C=C2c2cc3c(cc21)CCC3. The third-order valence-electron chi connectivity index (χ3n) is 16.4. The maximum Gasteiger partial charge on any atom is 0.127 e. The fourth-order valence-electron chi connectivity index (χ4n) is 14.7. The van der Waals surface area contributed by atoms with Crippen molar-refractivity contribution in [3.63, 3.8) is 0 Å². The second kappa shape index (κ2) is 23.2. The molecule has 1 saturated carbocycles. The van der Waals surface area contributed by atoms with Gasteiger partial charge in [0.25, 0.3) is 0 Å². The van der Waals surface area contributed by atoms with E-state index in [2.05, 4.69) is 104 Å². The standard InChI is InChI=1S/C58H101NSi/c1-12-14-16-18-20-22-24-26-28-30-32-34-39-58(40-35-33-31-29-27-25-23-21-19-17-15-13-2)53-43-48-38-36-37-47(48)42-51(53)52-45-50-49(44-54(52)58)41-46(3)55(50)60(10,11)59(56(4,5)6)57(7,8)9/h42-46,49-50,55H,12-41H2,1-11H3. The molecule has 0 aliphatic heterocycles. The van der Waals surface area contributed by atoms with Crippen molar-refractivity contribution in [3.8, 4) is 0 Å². The number of hydrogen-bond donors (Lipinski definition) is 0. The van der Waals surface area contributed by atoms with Gasteiger partial charge in [0.2, 0.25) is 0 Å². The lowest BCUT2D eigenvalue weighted by Gasteiger charge is -2.57. The van der Waals surface area contributed by atoms with E-state index >= 15 is 0 Å². The number of rotatable bonds is 28. The predicted octanol–water partition coefficient (Wildman–Crippen LogP) is 18.7. The van der Waals surface area contributed by atoms with E-state index in [0.717, 1.165) is 11.5 Å². The van der Waals surface area contributed by atoms with Crippen molar-refractivity contribution in [2.24, 2.45) is 17.8 Å². The maximum absolute atomic E-state index is 3.04. The molecule has 1 aromatic carbocycles. The zero-order valence-electron chi connectivity index (χ0n) is 42.3. The van der Waals surface area contributed by atoms with Crippen LogP contribution in [0.3, 0.4) is 0 Å². The Morgan fingerprint density at radius 1 is 0.583 bits per heavy atom. The van der Waals surface area contributed by atoms with Gasteiger partial charge in [-0.25, -0.2) is 0 Å². The molecular formula is C58H101NSi. The van der Waals surface area contributed by atoms with Gasteiger partial charge in [0.1, 0.15) is 8.24 Å². The molecule has 1 nitrogen and oxygen atoms in total. The Kier molecular flexibility index (Phi) is 19.3. The van der Waals surface area contributed by atoms with E-state index < -0.39 is 8.24 Å². The number of unbranched alkanes of at least 4 members (excludes halogenated alkanes) is 22. The van der Waals surface area contributed by atoms with Crippen LogP contribution in [0.2, 0.25) is 18.6 Å². The highest BCUT2D eigenvalue weighted by Crippen LogP contribution is 2.63. The monoisotopic (exact) mass is 840 g/mol. The average Bonchev–Trinajstić information content (AvgIpc) is 3.84.